The predicted octanol–water partition coefficient (Wildman–Crippen LogP) is 6.64. The van der Waals surface area contributed by atoms with Crippen molar-refractivity contribution < 1.29 is 9.59 Å². The number of benzene rings is 2. The maximum Gasteiger partial charge on any atom is 0.278 e. The molecule has 3 aromatic rings. The Morgan fingerprint density at radius 2 is 1.62 bits per heavy atom. The van der Waals surface area contributed by atoms with Crippen molar-refractivity contribution in [3.05, 3.63) is 68.8 Å². The fourth-order valence-electron chi connectivity index (χ4n) is 4.12. The molecule has 4 rings (SSSR count). The summed E-state index contributed by atoms with van der Waals surface area (Å²) in [5.74, 6) is -0.880. The van der Waals surface area contributed by atoms with Crippen LogP contribution in [0.3, 0.4) is 0 Å². The van der Waals surface area contributed by atoms with Crippen molar-refractivity contribution in [3.8, 4) is 16.9 Å². The first kappa shape index (κ1) is 22.8. The SMILES string of the molecule is Cc1c(C(=O)NC(=O)C2CCCCC2)nn(-c2ccc(Cl)cc2Cl)c1-c1ccc(Cl)cc1. The van der Waals surface area contributed by atoms with E-state index in [4.69, 9.17) is 34.8 Å². The largest absolute Gasteiger partial charge is 0.291 e. The van der Waals surface area contributed by atoms with Crippen molar-refractivity contribution in [2.24, 2.45) is 5.92 Å². The second kappa shape index (κ2) is 9.65. The van der Waals surface area contributed by atoms with Gasteiger partial charge in [0.1, 0.15) is 0 Å². The van der Waals surface area contributed by atoms with E-state index >= 15 is 0 Å². The summed E-state index contributed by atoms with van der Waals surface area (Å²) in [5.41, 5.74) is 2.86. The minimum Gasteiger partial charge on any atom is -0.291 e. The van der Waals surface area contributed by atoms with Gasteiger partial charge in [0.25, 0.3) is 5.91 Å². The summed E-state index contributed by atoms with van der Waals surface area (Å²) in [7, 11) is 0. The van der Waals surface area contributed by atoms with E-state index in [1.807, 2.05) is 12.1 Å². The molecule has 0 saturated heterocycles. The minimum absolute atomic E-state index is 0.128. The third kappa shape index (κ3) is 4.70. The summed E-state index contributed by atoms with van der Waals surface area (Å²) in [4.78, 5) is 25.7. The molecule has 0 aliphatic heterocycles. The van der Waals surface area contributed by atoms with Crippen LogP contribution in [0, 0.1) is 12.8 Å². The number of hydrogen-bond donors (Lipinski definition) is 1. The highest BCUT2D eigenvalue weighted by molar-refractivity contribution is 6.35. The van der Waals surface area contributed by atoms with Crippen LogP contribution in [-0.2, 0) is 4.79 Å². The highest BCUT2D eigenvalue weighted by atomic mass is 35.5. The maximum atomic E-state index is 13.1. The zero-order chi connectivity index (χ0) is 22.8. The van der Waals surface area contributed by atoms with Crippen molar-refractivity contribution in [1.29, 1.82) is 0 Å². The van der Waals surface area contributed by atoms with Gasteiger partial charge in [-0.1, -0.05) is 66.2 Å². The fourth-order valence-corrected chi connectivity index (χ4v) is 4.74. The summed E-state index contributed by atoms with van der Waals surface area (Å²) in [5, 5.41) is 8.59. The van der Waals surface area contributed by atoms with Crippen molar-refractivity contribution in [2.45, 2.75) is 39.0 Å². The molecular formula is C24H22Cl3N3O2. The summed E-state index contributed by atoms with van der Waals surface area (Å²) >= 11 is 18.6. The lowest BCUT2D eigenvalue weighted by molar-refractivity contribution is -0.124. The fraction of sp³-hybridized carbons (Fsp3) is 0.292. The topological polar surface area (TPSA) is 64.0 Å². The molecule has 166 valence electrons. The zero-order valence-electron chi connectivity index (χ0n) is 17.5. The number of imide groups is 1. The van der Waals surface area contributed by atoms with Crippen molar-refractivity contribution >= 4 is 46.6 Å². The molecule has 1 aliphatic carbocycles. The van der Waals surface area contributed by atoms with Gasteiger partial charge in [-0.15, -0.1) is 0 Å². The molecule has 0 unspecified atom stereocenters. The van der Waals surface area contributed by atoms with Gasteiger partial charge in [0.2, 0.25) is 5.91 Å². The van der Waals surface area contributed by atoms with E-state index in [0.29, 0.717) is 32.0 Å². The average molecular weight is 491 g/mol. The van der Waals surface area contributed by atoms with Crippen LogP contribution in [0.1, 0.15) is 48.2 Å². The van der Waals surface area contributed by atoms with Crippen LogP contribution in [-0.4, -0.2) is 21.6 Å². The molecule has 2 aromatic carbocycles. The number of carbonyl (C=O) groups is 2. The zero-order valence-corrected chi connectivity index (χ0v) is 19.8. The Balaban J connectivity index is 1.76. The van der Waals surface area contributed by atoms with E-state index in [9.17, 15) is 9.59 Å². The summed E-state index contributed by atoms with van der Waals surface area (Å²) < 4.78 is 1.61. The van der Waals surface area contributed by atoms with E-state index in [0.717, 1.165) is 37.7 Å². The Hall–Kier alpha value is -2.34. The molecule has 1 aliphatic rings. The number of aromatic nitrogens is 2. The maximum absolute atomic E-state index is 13.1. The van der Waals surface area contributed by atoms with Crippen LogP contribution in [0.4, 0.5) is 0 Å². The second-order valence-electron chi connectivity index (χ2n) is 7.99. The molecule has 1 fully saturated rings. The second-order valence-corrected chi connectivity index (χ2v) is 9.27. The highest BCUT2D eigenvalue weighted by Gasteiger charge is 2.27. The molecule has 2 amide bonds. The standard InChI is InChI=1S/C24H22Cl3N3O2/c1-14-21(24(32)28-23(31)16-5-3-2-4-6-16)29-30(20-12-11-18(26)13-19(20)27)22(14)15-7-9-17(25)10-8-15/h7-13,16H,2-6H2,1H3,(H,28,31,32). The van der Waals surface area contributed by atoms with Gasteiger partial charge in [-0.25, -0.2) is 4.68 Å². The summed E-state index contributed by atoms with van der Waals surface area (Å²) in [6.07, 6.45) is 4.77. The number of hydrogen-bond acceptors (Lipinski definition) is 3. The molecule has 8 heteroatoms. The van der Waals surface area contributed by atoms with Gasteiger partial charge in [0.15, 0.2) is 5.69 Å². The van der Waals surface area contributed by atoms with Gasteiger partial charge in [0.05, 0.1) is 16.4 Å². The first-order chi connectivity index (χ1) is 15.3. The lowest BCUT2D eigenvalue weighted by atomic mass is 9.88. The molecule has 0 radical (unpaired) electrons. The Bertz CT molecular complexity index is 1170. The molecule has 1 aromatic heterocycles. The molecule has 5 nitrogen and oxygen atoms in total. The lowest BCUT2D eigenvalue weighted by Crippen LogP contribution is -2.37. The van der Waals surface area contributed by atoms with Crippen LogP contribution >= 0.6 is 34.8 Å². The molecule has 0 bridgehead atoms. The van der Waals surface area contributed by atoms with Gasteiger partial charge >= 0.3 is 0 Å². The normalized spacial score (nSPS) is 14.4. The van der Waals surface area contributed by atoms with Gasteiger partial charge in [0, 0.05) is 27.1 Å². The molecule has 1 N–H and O–H groups in total. The smallest absolute Gasteiger partial charge is 0.278 e. The number of rotatable bonds is 4. The molecule has 0 spiro atoms. The highest BCUT2D eigenvalue weighted by Crippen LogP contribution is 2.33. The van der Waals surface area contributed by atoms with Crippen molar-refractivity contribution in [1.82, 2.24) is 15.1 Å². The van der Waals surface area contributed by atoms with Crippen LogP contribution < -0.4 is 5.32 Å². The summed E-state index contributed by atoms with van der Waals surface area (Å²) in [6.45, 7) is 1.80. The number of carbonyl (C=O) groups excluding carboxylic acids is 2. The Morgan fingerprint density at radius 3 is 2.28 bits per heavy atom. The van der Waals surface area contributed by atoms with E-state index in [1.54, 1.807) is 41.9 Å². The van der Waals surface area contributed by atoms with Crippen molar-refractivity contribution in [3.63, 3.8) is 0 Å². The van der Waals surface area contributed by atoms with E-state index < -0.39 is 5.91 Å². The number of halogens is 3. The first-order valence-electron chi connectivity index (χ1n) is 10.5. The van der Waals surface area contributed by atoms with Crippen LogP contribution in [0.5, 0.6) is 0 Å². The van der Waals surface area contributed by atoms with Gasteiger partial charge in [-0.05, 0) is 50.1 Å². The number of nitrogens with zero attached hydrogens (tertiary/aromatic N) is 2. The van der Waals surface area contributed by atoms with E-state index in [2.05, 4.69) is 10.4 Å². The summed E-state index contributed by atoms with van der Waals surface area (Å²) in [6, 6.07) is 12.3. The number of amides is 2. The lowest BCUT2D eigenvalue weighted by Gasteiger charge is -2.19. The quantitative estimate of drug-likeness (QED) is 0.417. The van der Waals surface area contributed by atoms with Crippen LogP contribution in [0.25, 0.3) is 16.9 Å². The van der Waals surface area contributed by atoms with Gasteiger partial charge < -0.3 is 0 Å². The Morgan fingerprint density at radius 1 is 0.969 bits per heavy atom. The third-order valence-corrected chi connectivity index (χ3v) is 6.60. The molecule has 32 heavy (non-hydrogen) atoms. The molecule has 1 saturated carbocycles. The van der Waals surface area contributed by atoms with Gasteiger partial charge in [-0.3, -0.25) is 14.9 Å². The molecular weight excluding hydrogens is 469 g/mol. The molecule has 0 atom stereocenters. The first-order valence-corrected chi connectivity index (χ1v) is 11.6. The van der Waals surface area contributed by atoms with E-state index in [-0.39, 0.29) is 17.5 Å². The predicted molar refractivity (Wildman–Crippen MR) is 128 cm³/mol. The number of nitrogens with one attached hydrogen (secondary N) is 1. The van der Waals surface area contributed by atoms with Crippen molar-refractivity contribution in [2.75, 3.05) is 0 Å². The van der Waals surface area contributed by atoms with E-state index in [1.165, 1.54) is 0 Å². The minimum atomic E-state index is -0.517. The monoisotopic (exact) mass is 489 g/mol. The third-order valence-electron chi connectivity index (χ3n) is 5.81. The van der Waals surface area contributed by atoms with Crippen LogP contribution in [0.2, 0.25) is 15.1 Å². The molecule has 1 heterocycles. The van der Waals surface area contributed by atoms with Crippen LogP contribution in [0.15, 0.2) is 42.5 Å². The Kier molecular flexibility index (Phi) is 6.89. The van der Waals surface area contributed by atoms with Gasteiger partial charge in [-0.2, -0.15) is 5.10 Å². The average Bonchev–Trinajstić information content (AvgIpc) is 3.12. The Labute approximate surface area is 201 Å².